The molecule has 0 bridgehead atoms. The van der Waals surface area contributed by atoms with Crippen LogP contribution in [0.4, 0.5) is 0 Å². The Morgan fingerprint density at radius 3 is 1.25 bits per heavy atom. The zero-order chi connectivity index (χ0) is 82.7. The Kier molecular flexibility index (Phi) is 50.5. The van der Waals surface area contributed by atoms with Crippen molar-refractivity contribution in [3.05, 3.63) is 35.9 Å². The summed E-state index contributed by atoms with van der Waals surface area (Å²) in [5.41, 5.74) is 0.893. The molecule has 3 aliphatic heterocycles. The lowest BCUT2D eigenvalue weighted by Crippen LogP contribution is -2.64. The Morgan fingerprint density at radius 1 is 0.389 bits per heavy atom. The van der Waals surface area contributed by atoms with Gasteiger partial charge < -0.3 is 155 Å². The van der Waals surface area contributed by atoms with Gasteiger partial charge in [-0.15, -0.1) is 0 Å². The molecule has 18 N–H and O–H groups in total. The monoisotopic (exact) mass is 1620 g/mol. The predicted octanol–water partition coefficient (Wildman–Crippen LogP) is -6.93. The van der Waals surface area contributed by atoms with Crippen molar-refractivity contribution in [1.82, 2.24) is 47.9 Å². The number of amides is 9. The molecule has 2 unspecified atom stereocenters. The molecule has 0 radical (unpaired) electrons. The largest absolute Gasteiger partial charge is 0.461 e. The first-order chi connectivity index (χ1) is 54.4. The molecule has 0 spiro atoms. The maximum absolute atomic E-state index is 13.8. The van der Waals surface area contributed by atoms with Crippen molar-refractivity contribution in [2.45, 2.75) is 202 Å². The summed E-state index contributed by atoms with van der Waals surface area (Å²) in [6, 6.07) is 4.44. The number of carbonyl (C=O) groups excluding carboxylic acids is 10. The van der Waals surface area contributed by atoms with Gasteiger partial charge in [-0.1, -0.05) is 43.2 Å². The van der Waals surface area contributed by atoms with Crippen LogP contribution in [0.3, 0.4) is 0 Å². The van der Waals surface area contributed by atoms with E-state index in [-0.39, 0.29) is 195 Å². The van der Waals surface area contributed by atoms with Crippen LogP contribution in [0.2, 0.25) is 0 Å². The summed E-state index contributed by atoms with van der Waals surface area (Å²) in [7, 11) is 0. The summed E-state index contributed by atoms with van der Waals surface area (Å²) < 4.78 is 72.5. The van der Waals surface area contributed by atoms with Crippen LogP contribution in [-0.4, -0.2) is 355 Å². The van der Waals surface area contributed by atoms with Gasteiger partial charge in [-0.25, -0.2) is 0 Å². The Bertz CT molecular complexity index is 2910. The average Bonchev–Trinajstić information content (AvgIpc) is 0.829. The Labute approximate surface area is 656 Å². The van der Waals surface area contributed by atoms with E-state index in [4.69, 9.17) is 61.6 Å². The van der Waals surface area contributed by atoms with Gasteiger partial charge in [0.15, 0.2) is 18.9 Å². The minimum Gasteiger partial charge on any atom is -0.461 e. The van der Waals surface area contributed by atoms with E-state index in [1.807, 2.05) is 30.3 Å². The number of ether oxygens (including phenoxy) is 13. The van der Waals surface area contributed by atoms with E-state index in [2.05, 4.69) is 47.9 Å². The van der Waals surface area contributed by atoms with Crippen molar-refractivity contribution < 1.29 is 155 Å². The molecule has 41 heteroatoms. The molecule has 0 aromatic heterocycles. The molecule has 17 atom stereocenters. The molecular weight excluding hydrogens is 1500 g/mol. The fraction of sp³-hybridized carbons (Fsp3) is 0.778. The quantitative estimate of drug-likeness (QED) is 0.0213. The van der Waals surface area contributed by atoms with Crippen LogP contribution >= 0.6 is 0 Å². The molecule has 1 aromatic carbocycles. The van der Waals surface area contributed by atoms with Gasteiger partial charge in [0.05, 0.1) is 131 Å². The topological polar surface area (TPSA) is 581 Å². The van der Waals surface area contributed by atoms with Crippen molar-refractivity contribution in [2.75, 3.05) is 152 Å². The minimum absolute atomic E-state index is 0.00497. The summed E-state index contributed by atoms with van der Waals surface area (Å²) in [5.74, 6) is -6.14. The van der Waals surface area contributed by atoms with Gasteiger partial charge in [0.25, 0.3) is 0 Å². The Morgan fingerprint density at radius 2 is 0.779 bits per heavy atom. The molecule has 0 saturated carbocycles. The summed E-state index contributed by atoms with van der Waals surface area (Å²) in [6.07, 6.45) is -14.0. The third-order valence-electron chi connectivity index (χ3n) is 17.7. The fourth-order valence-electron chi connectivity index (χ4n) is 11.6. The summed E-state index contributed by atoms with van der Waals surface area (Å²) in [6.45, 7) is 2.44. The molecular formula is C72H121N9O32. The number of hydrogen-bond donors (Lipinski definition) is 18. The number of esters is 1. The molecule has 646 valence electrons. The fourth-order valence-corrected chi connectivity index (χ4v) is 11.6. The molecule has 0 aliphatic carbocycles. The van der Waals surface area contributed by atoms with Gasteiger partial charge in [-0.2, -0.15) is 0 Å². The molecule has 113 heavy (non-hydrogen) atoms. The highest BCUT2D eigenvalue weighted by molar-refractivity contribution is 5.90. The third kappa shape index (κ3) is 40.5. The van der Waals surface area contributed by atoms with Crippen molar-refractivity contribution in [3.63, 3.8) is 0 Å². The molecule has 3 aliphatic rings. The Balaban J connectivity index is 1.29. The average molecular weight is 1620 g/mol. The molecule has 4 rings (SSSR count). The number of benzene rings is 1. The molecule has 1 aromatic rings. The lowest BCUT2D eigenvalue weighted by molar-refractivity contribution is -0.286. The molecule has 3 saturated heterocycles. The highest BCUT2D eigenvalue weighted by Crippen LogP contribution is 2.28. The van der Waals surface area contributed by atoms with Gasteiger partial charge in [0.2, 0.25) is 53.2 Å². The second kappa shape index (κ2) is 58.0. The van der Waals surface area contributed by atoms with E-state index in [0.29, 0.717) is 19.4 Å². The smallest absolute Gasteiger partial charge is 0.306 e. The SMILES string of the molecule is CC(=O)NC[C@H]1[C@H](OCCOCCOCCNC(=O)C(CCC(=O)NC(CCC(=O)NCCOCCOCCO[C@@H]2O[C@H](CO)[C@H](O)[C@H](O)[C@H]2NC(C)=O)C(=O)NCCOCCOCCO[C@@H]2O[C@H](CO)[C@H](O)[C@H](O)[C@H]2NC(C)=O)NC(=O)CCCC(=O)NCCCCCCC(=O)OCc2ccccc2)O[C@H](CO)[C@H](O)[C@@H]1O. The van der Waals surface area contributed by atoms with Crippen molar-refractivity contribution in [1.29, 1.82) is 0 Å². The van der Waals surface area contributed by atoms with Crippen LogP contribution in [0.25, 0.3) is 0 Å². The van der Waals surface area contributed by atoms with E-state index in [1.54, 1.807) is 0 Å². The molecule has 9 amide bonds. The van der Waals surface area contributed by atoms with Crippen LogP contribution in [0, 0.1) is 5.92 Å². The highest BCUT2D eigenvalue weighted by Gasteiger charge is 2.48. The van der Waals surface area contributed by atoms with Crippen LogP contribution in [0.5, 0.6) is 0 Å². The number of rotatable bonds is 60. The second-order valence-corrected chi connectivity index (χ2v) is 26.7. The normalized spacial score (nSPS) is 24.0. The number of carbonyl (C=O) groups is 10. The maximum Gasteiger partial charge on any atom is 0.306 e. The first-order valence-corrected chi connectivity index (χ1v) is 38.2. The number of nitrogens with one attached hydrogen (secondary N) is 9. The lowest BCUT2D eigenvalue weighted by Gasteiger charge is -2.42. The van der Waals surface area contributed by atoms with Crippen LogP contribution in [0.1, 0.15) is 103 Å². The number of unbranched alkanes of at least 4 members (excludes halogenated alkanes) is 3. The molecule has 3 heterocycles. The predicted molar refractivity (Wildman–Crippen MR) is 391 cm³/mol. The second-order valence-electron chi connectivity index (χ2n) is 26.7. The van der Waals surface area contributed by atoms with E-state index in [9.17, 15) is 93.9 Å². The van der Waals surface area contributed by atoms with Crippen LogP contribution < -0.4 is 47.9 Å². The van der Waals surface area contributed by atoms with Crippen LogP contribution in [-0.2, 0) is 116 Å². The van der Waals surface area contributed by atoms with Crippen molar-refractivity contribution >= 4 is 59.1 Å². The first-order valence-electron chi connectivity index (χ1n) is 38.2. The Hall–Kier alpha value is -6.92. The third-order valence-corrected chi connectivity index (χ3v) is 17.7. The molecule has 41 nitrogen and oxygen atoms in total. The van der Waals surface area contributed by atoms with Crippen molar-refractivity contribution in [3.8, 4) is 0 Å². The zero-order valence-electron chi connectivity index (χ0n) is 64.6. The van der Waals surface area contributed by atoms with E-state index >= 15 is 0 Å². The number of aliphatic hydroxyl groups is 9. The number of hydrogen-bond acceptors (Lipinski definition) is 32. The standard InChI is InChI=1S/C72H121N9O32/c1-45(85)77-40-49-62(93)63(94)52(41-82)111-70(49)107-37-34-104-32-29-102-27-24-76-69(100)51(80-57(90)15-11-14-55(88)73-21-10-5-4-9-16-59(92)110-44-48-12-7-6-8-13-48)18-20-58(91)81-50(68(99)75-23-26-103-30-33-106-36-39-109-72-61(79-47(3)87)67(98)65(96)54(43-84)113-72)17-19-56(89)74-22-25-101-28-31-105-35-38-108-71-60(78-46(2)86)66(97)64(95)53(42-83)112-71/h6-8,12-13,49-54,60-67,70-72,82-84,93-98H,4-5,9-11,14-44H2,1-3H3,(H,73,88)(H,74,89)(H,75,99)(H,76,100)(H,77,85)(H,78,86)(H,79,87)(H,80,90)(H,81,91)/t49-,50?,51?,52-,53-,54-,60-,61-,62-,63+,64+,65+,66-,67-,70-,71-,72-/m1/s1. The van der Waals surface area contributed by atoms with Crippen LogP contribution in [0.15, 0.2) is 30.3 Å². The zero-order valence-corrected chi connectivity index (χ0v) is 64.6. The first kappa shape index (κ1) is 98.4. The summed E-state index contributed by atoms with van der Waals surface area (Å²) in [5, 5.41) is 115. The highest BCUT2D eigenvalue weighted by atomic mass is 16.7. The van der Waals surface area contributed by atoms with Crippen molar-refractivity contribution in [2.24, 2.45) is 5.92 Å². The van der Waals surface area contributed by atoms with Gasteiger partial charge in [-0.05, 0) is 37.7 Å². The van der Waals surface area contributed by atoms with Gasteiger partial charge in [0.1, 0.15) is 79.6 Å². The summed E-state index contributed by atoms with van der Waals surface area (Å²) >= 11 is 0. The van der Waals surface area contributed by atoms with Gasteiger partial charge in [-0.3, -0.25) is 47.9 Å². The molecule has 3 fully saturated rings. The lowest BCUT2D eigenvalue weighted by atomic mass is 9.91. The van der Waals surface area contributed by atoms with E-state index < -0.39 is 171 Å². The maximum atomic E-state index is 13.8. The van der Waals surface area contributed by atoms with Gasteiger partial charge in [0, 0.05) is 85.6 Å². The van der Waals surface area contributed by atoms with E-state index in [1.165, 1.54) is 20.8 Å². The summed E-state index contributed by atoms with van der Waals surface area (Å²) in [4.78, 5) is 128. The number of aliphatic hydroxyl groups excluding tert-OH is 9. The van der Waals surface area contributed by atoms with E-state index in [0.717, 1.165) is 18.4 Å². The minimum atomic E-state index is -1.50. The van der Waals surface area contributed by atoms with Gasteiger partial charge >= 0.3 is 5.97 Å².